The van der Waals surface area contributed by atoms with E-state index in [1.54, 1.807) is 13.8 Å². The Labute approximate surface area is 95.7 Å². The Morgan fingerprint density at radius 1 is 1.25 bits per heavy atom. The van der Waals surface area contributed by atoms with Crippen LogP contribution in [-0.2, 0) is 11.1 Å². The largest absolute Gasteiger partial charge is 0.489 e. The van der Waals surface area contributed by atoms with Crippen molar-refractivity contribution in [3.05, 3.63) is 17.9 Å². The molecule has 0 amide bonds. The highest BCUT2D eigenvalue weighted by molar-refractivity contribution is 7.79. The van der Waals surface area contributed by atoms with Crippen LogP contribution in [0.25, 0.3) is 0 Å². The summed E-state index contributed by atoms with van der Waals surface area (Å²) in [5.41, 5.74) is 0. The van der Waals surface area contributed by atoms with Crippen LogP contribution in [0.2, 0.25) is 0 Å². The second-order valence-electron chi connectivity index (χ2n) is 2.82. The fourth-order valence-corrected chi connectivity index (χ4v) is 1.71. The Morgan fingerprint density at radius 3 is 2.31 bits per heavy atom. The van der Waals surface area contributed by atoms with Gasteiger partial charge in [0.25, 0.3) is 0 Å². The topological polar surface area (TPSA) is 55.8 Å². The first-order chi connectivity index (χ1) is 7.61. The van der Waals surface area contributed by atoms with E-state index in [-0.39, 0.29) is 29.6 Å². The van der Waals surface area contributed by atoms with E-state index in [2.05, 4.69) is 0 Å². The molecular weight excluding hydrogens is 235 g/mol. The first kappa shape index (κ1) is 12.9. The van der Waals surface area contributed by atoms with Crippen LogP contribution in [0.1, 0.15) is 13.8 Å². The lowest BCUT2D eigenvalue weighted by Crippen LogP contribution is -2.04. The Morgan fingerprint density at radius 2 is 1.81 bits per heavy atom. The molecule has 90 valence electrons. The summed E-state index contributed by atoms with van der Waals surface area (Å²) in [6.07, 6.45) is 0. The predicted octanol–water partition coefficient (Wildman–Crippen LogP) is 2.20. The highest BCUT2D eigenvalue weighted by atomic mass is 32.2. The lowest BCUT2D eigenvalue weighted by molar-refractivity contribution is 0.269. The molecule has 1 rings (SSSR count). The average molecular weight is 248 g/mol. The van der Waals surface area contributed by atoms with Crippen molar-refractivity contribution in [1.29, 1.82) is 0 Å². The van der Waals surface area contributed by atoms with Gasteiger partial charge >= 0.3 is 0 Å². The summed E-state index contributed by atoms with van der Waals surface area (Å²) < 4.78 is 43.7. The third-order valence-corrected chi connectivity index (χ3v) is 2.49. The van der Waals surface area contributed by atoms with E-state index in [1.807, 2.05) is 0 Å². The molecule has 0 saturated heterocycles. The molecule has 0 spiro atoms. The summed E-state index contributed by atoms with van der Waals surface area (Å²) >= 11 is -2.24. The minimum atomic E-state index is -2.24. The van der Waals surface area contributed by atoms with E-state index in [4.69, 9.17) is 14.0 Å². The zero-order valence-corrected chi connectivity index (χ0v) is 9.84. The van der Waals surface area contributed by atoms with Crippen molar-refractivity contribution in [3.8, 4) is 11.5 Å². The maximum atomic E-state index is 13.4. The minimum absolute atomic E-state index is 0.00620. The summed E-state index contributed by atoms with van der Waals surface area (Å²) in [7, 11) is 0. The first-order valence-electron chi connectivity index (χ1n) is 4.80. The molecule has 0 aliphatic rings. The number of rotatable bonds is 5. The third kappa shape index (κ3) is 2.70. The number of ether oxygens (including phenoxy) is 2. The quantitative estimate of drug-likeness (QED) is 0.812. The third-order valence-electron chi connectivity index (χ3n) is 1.79. The molecule has 0 fully saturated rings. The summed E-state index contributed by atoms with van der Waals surface area (Å²) in [6, 6.07) is 2.29. The molecule has 6 heteroatoms. The molecule has 0 radical (unpaired) electrons. The monoisotopic (exact) mass is 248 g/mol. The fraction of sp³-hybridized carbons (Fsp3) is 0.400. The van der Waals surface area contributed by atoms with Gasteiger partial charge < -0.3 is 14.0 Å². The summed E-state index contributed by atoms with van der Waals surface area (Å²) in [5, 5.41) is 0. The van der Waals surface area contributed by atoms with Crippen LogP contribution in [-0.4, -0.2) is 22.0 Å². The van der Waals surface area contributed by atoms with Crippen LogP contribution in [0, 0.1) is 5.82 Å². The SMILES string of the molecule is CCOc1c(F)ccc(S(=O)O)c1OCC. The summed E-state index contributed by atoms with van der Waals surface area (Å²) in [5.74, 6) is -0.742. The Kier molecular flexibility index (Phi) is 4.70. The van der Waals surface area contributed by atoms with Crippen molar-refractivity contribution in [1.82, 2.24) is 0 Å². The van der Waals surface area contributed by atoms with Gasteiger partial charge in [0.15, 0.2) is 28.4 Å². The molecule has 0 aromatic heterocycles. The molecule has 0 saturated carbocycles. The molecule has 0 aliphatic carbocycles. The smallest absolute Gasteiger partial charge is 0.198 e. The summed E-state index contributed by atoms with van der Waals surface area (Å²) in [6.45, 7) is 3.90. The van der Waals surface area contributed by atoms with Crippen molar-refractivity contribution in [2.75, 3.05) is 13.2 Å². The second kappa shape index (κ2) is 5.81. The lowest BCUT2D eigenvalue weighted by Gasteiger charge is -2.13. The van der Waals surface area contributed by atoms with Crippen molar-refractivity contribution in [2.45, 2.75) is 18.7 Å². The predicted molar refractivity (Wildman–Crippen MR) is 57.8 cm³/mol. The zero-order valence-electron chi connectivity index (χ0n) is 9.03. The second-order valence-corrected chi connectivity index (χ2v) is 3.76. The van der Waals surface area contributed by atoms with Gasteiger partial charge in [0.05, 0.1) is 13.2 Å². The van der Waals surface area contributed by atoms with Crippen molar-refractivity contribution >= 4 is 11.1 Å². The van der Waals surface area contributed by atoms with Crippen LogP contribution in [0.15, 0.2) is 17.0 Å². The normalized spacial score (nSPS) is 12.2. The highest BCUT2D eigenvalue weighted by Crippen LogP contribution is 2.35. The summed E-state index contributed by atoms with van der Waals surface area (Å²) in [4.78, 5) is 0.00620. The van der Waals surface area contributed by atoms with Gasteiger partial charge in [-0.3, -0.25) is 0 Å². The number of hydrogen-bond donors (Lipinski definition) is 1. The molecule has 0 aliphatic heterocycles. The average Bonchev–Trinajstić information content (AvgIpc) is 2.23. The maximum absolute atomic E-state index is 13.4. The molecule has 1 aromatic rings. The standard InChI is InChI=1S/C10H13FO4S/c1-3-14-9-7(11)5-6-8(16(12)13)10(9)15-4-2/h5-6H,3-4H2,1-2H3,(H,12,13). The molecule has 4 nitrogen and oxygen atoms in total. The molecule has 0 bridgehead atoms. The van der Waals surface area contributed by atoms with Gasteiger partial charge in [-0.1, -0.05) is 0 Å². The molecule has 0 heterocycles. The molecule has 1 aromatic carbocycles. The molecule has 1 atom stereocenters. The van der Waals surface area contributed by atoms with E-state index < -0.39 is 16.9 Å². The van der Waals surface area contributed by atoms with E-state index in [0.29, 0.717) is 0 Å². The maximum Gasteiger partial charge on any atom is 0.198 e. The van der Waals surface area contributed by atoms with E-state index in [0.717, 1.165) is 6.07 Å². The number of halogens is 1. The molecule has 16 heavy (non-hydrogen) atoms. The molecular formula is C10H13FO4S. The van der Waals surface area contributed by atoms with Crippen molar-refractivity contribution in [3.63, 3.8) is 0 Å². The van der Waals surface area contributed by atoms with Crippen LogP contribution >= 0.6 is 0 Å². The zero-order chi connectivity index (χ0) is 12.1. The van der Waals surface area contributed by atoms with Crippen molar-refractivity contribution < 1.29 is 22.6 Å². The van der Waals surface area contributed by atoms with Crippen LogP contribution in [0.5, 0.6) is 11.5 Å². The van der Waals surface area contributed by atoms with Gasteiger partial charge in [0, 0.05) is 0 Å². The van der Waals surface area contributed by atoms with E-state index in [1.165, 1.54) is 6.07 Å². The van der Waals surface area contributed by atoms with Gasteiger partial charge in [-0.25, -0.2) is 8.60 Å². The highest BCUT2D eigenvalue weighted by Gasteiger charge is 2.19. The van der Waals surface area contributed by atoms with E-state index in [9.17, 15) is 8.60 Å². The van der Waals surface area contributed by atoms with Gasteiger partial charge in [-0.2, -0.15) is 0 Å². The van der Waals surface area contributed by atoms with Gasteiger partial charge in [-0.05, 0) is 26.0 Å². The Balaban J connectivity index is 3.30. The van der Waals surface area contributed by atoms with Gasteiger partial charge in [0.1, 0.15) is 4.90 Å². The number of hydrogen-bond acceptors (Lipinski definition) is 3. The Hall–Kier alpha value is -1.14. The fourth-order valence-electron chi connectivity index (χ4n) is 1.22. The van der Waals surface area contributed by atoms with Crippen LogP contribution < -0.4 is 9.47 Å². The van der Waals surface area contributed by atoms with E-state index >= 15 is 0 Å². The van der Waals surface area contributed by atoms with Gasteiger partial charge in [-0.15, -0.1) is 0 Å². The van der Waals surface area contributed by atoms with Gasteiger partial charge in [0.2, 0.25) is 0 Å². The van der Waals surface area contributed by atoms with Crippen LogP contribution in [0.4, 0.5) is 4.39 Å². The molecule has 1 unspecified atom stereocenters. The minimum Gasteiger partial charge on any atom is -0.489 e. The van der Waals surface area contributed by atoms with Crippen LogP contribution in [0.3, 0.4) is 0 Å². The Bertz CT molecular complexity index is 395. The van der Waals surface area contributed by atoms with Crippen molar-refractivity contribution in [2.24, 2.45) is 0 Å². The molecule has 1 N–H and O–H groups in total. The first-order valence-corrected chi connectivity index (χ1v) is 5.91. The lowest BCUT2D eigenvalue weighted by atomic mass is 10.3. The number of benzene rings is 1.